The van der Waals surface area contributed by atoms with Crippen LogP contribution >= 0.6 is 0 Å². The summed E-state index contributed by atoms with van der Waals surface area (Å²) in [6.45, 7) is 2.59. The molecule has 2 nitrogen and oxygen atoms in total. The second-order valence-electron chi connectivity index (χ2n) is 2.94. The zero-order valence-corrected chi connectivity index (χ0v) is 7.07. The molecule has 64 valence electrons. The summed E-state index contributed by atoms with van der Waals surface area (Å²) in [7, 11) is 0. The van der Waals surface area contributed by atoms with Gasteiger partial charge in [0, 0.05) is 0 Å². The smallest absolute Gasteiger partial charge is 0.155 e. The van der Waals surface area contributed by atoms with Crippen molar-refractivity contribution in [1.82, 2.24) is 0 Å². The Morgan fingerprint density at radius 1 is 1.25 bits per heavy atom. The molecule has 2 atom stereocenters. The molecule has 0 aliphatic carbocycles. The van der Waals surface area contributed by atoms with Gasteiger partial charge in [0.15, 0.2) is 6.29 Å². The van der Waals surface area contributed by atoms with Crippen LogP contribution in [0.3, 0.4) is 0 Å². The van der Waals surface area contributed by atoms with E-state index in [1.807, 2.05) is 25.1 Å². The van der Waals surface area contributed by atoms with Crippen LogP contribution < -0.4 is 0 Å². The quantitative estimate of drug-likeness (QED) is 0.633. The highest BCUT2D eigenvalue weighted by molar-refractivity contribution is 5.18. The molecular weight excluding hydrogens is 152 g/mol. The summed E-state index contributed by atoms with van der Waals surface area (Å²) in [6.07, 6.45) is 0.0661. The van der Waals surface area contributed by atoms with Gasteiger partial charge in [-0.3, -0.25) is 0 Å². The van der Waals surface area contributed by atoms with Crippen molar-refractivity contribution in [2.24, 2.45) is 0 Å². The largest absolute Gasteiger partial charge is 0.350 e. The van der Waals surface area contributed by atoms with Crippen molar-refractivity contribution in [2.75, 3.05) is 6.61 Å². The first-order valence-corrected chi connectivity index (χ1v) is 4.18. The molecule has 0 saturated carbocycles. The molecule has 1 saturated heterocycles. The van der Waals surface area contributed by atoms with Crippen molar-refractivity contribution in [1.29, 1.82) is 0 Å². The Morgan fingerprint density at radius 3 is 2.58 bits per heavy atom. The van der Waals surface area contributed by atoms with Crippen LogP contribution in [0.5, 0.6) is 0 Å². The maximum Gasteiger partial charge on any atom is 0.155 e. The lowest BCUT2D eigenvalue weighted by Crippen LogP contribution is -2.01. The third-order valence-corrected chi connectivity index (χ3v) is 2.01. The average Bonchev–Trinajstić information content (AvgIpc) is 2.54. The van der Waals surface area contributed by atoms with Crippen molar-refractivity contribution < 1.29 is 9.47 Å². The normalized spacial score (nSPS) is 29.1. The highest BCUT2D eigenvalue weighted by atomic mass is 16.7. The molecular formula is C10H12O2. The average molecular weight is 164 g/mol. The van der Waals surface area contributed by atoms with Gasteiger partial charge in [0.1, 0.15) is 6.10 Å². The molecule has 0 aromatic heterocycles. The van der Waals surface area contributed by atoms with Crippen LogP contribution in [-0.4, -0.2) is 12.9 Å². The van der Waals surface area contributed by atoms with E-state index in [0.717, 1.165) is 0 Å². The first kappa shape index (κ1) is 7.77. The molecule has 0 radical (unpaired) electrons. The lowest BCUT2D eigenvalue weighted by Gasteiger charge is -2.07. The molecule has 1 heterocycles. The lowest BCUT2D eigenvalue weighted by molar-refractivity contribution is -0.0426. The Balaban J connectivity index is 2.11. The third kappa shape index (κ3) is 1.49. The van der Waals surface area contributed by atoms with Gasteiger partial charge in [0.2, 0.25) is 0 Å². The molecule has 1 aromatic carbocycles. The second kappa shape index (κ2) is 3.25. The van der Waals surface area contributed by atoms with Gasteiger partial charge in [0.25, 0.3) is 0 Å². The Hall–Kier alpha value is -0.860. The maximum absolute atomic E-state index is 5.53. The van der Waals surface area contributed by atoms with E-state index in [-0.39, 0.29) is 12.4 Å². The summed E-state index contributed by atoms with van der Waals surface area (Å²) in [5.41, 5.74) is 1.20. The Kier molecular flexibility index (Phi) is 2.11. The molecule has 1 aromatic rings. The zero-order chi connectivity index (χ0) is 8.39. The van der Waals surface area contributed by atoms with Crippen LogP contribution in [0.4, 0.5) is 0 Å². The summed E-state index contributed by atoms with van der Waals surface area (Å²) in [6, 6.07) is 10.2. The molecule has 1 aliphatic heterocycles. The van der Waals surface area contributed by atoms with Crippen LogP contribution in [0.2, 0.25) is 0 Å². The van der Waals surface area contributed by atoms with Crippen molar-refractivity contribution in [2.45, 2.75) is 19.3 Å². The van der Waals surface area contributed by atoms with Crippen molar-refractivity contribution in [3.05, 3.63) is 35.9 Å². The summed E-state index contributed by atoms with van der Waals surface area (Å²) < 4.78 is 10.8. The number of hydrogen-bond acceptors (Lipinski definition) is 2. The van der Waals surface area contributed by atoms with Gasteiger partial charge in [-0.15, -0.1) is 0 Å². The minimum atomic E-state index is -0.0600. The minimum absolute atomic E-state index is 0.0600. The van der Waals surface area contributed by atoms with Crippen LogP contribution in [0.1, 0.15) is 18.6 Å². The molecule has 1 aliphatic rings. The van der Waals surface area contributed by atoms with Crippen LogP contribution in [0, 0.1) is 0 Å². The highest BCUT2D eigenvalue weighted by Gasteiger charge is 2.23. The van der Waals surface area contributed by atoms with E-state index in [2.05, 4.69) is 12.1 Å². The van der Waals surface area contributed by atoms with Crippen LogP contribution in [-0.2, 0) is 9.47 Å². The van der Waals surface area contributed by atoms with Gasteiger partial charge >= 0.3 is 0 Å². The molecule has 0 bridgehead atoms. The number of hydrogen-bond donors (Lipinski definition) is 0. The standard InChI is InChI=1S/C10H12O2/c1-8-11-7-10(12-8)9-5-3-2-4-6-9/h2-6,8,10H,7H2,1H3/t8-,10?/m1/s1. The first-order valence-electron chi connectivity index (χ1n) is 4.18. The zero-order valence-electron chi connectivity index (χ0n) is 7.07. The van der Waals surface area contributed by atoms with Gasteiger partial charge in [-0.25, -0.2) is 0 Å². The van der Waals surface area contributed by atoms with E-state index in [1.54, 1.807) is 0 Å². The number of benzene rings is 1. The molecule has 0 amide bonds. The fourth-order valence-electron chi connectivity index (χ4n) is 1.38. The Bertz CT molecular complexity index is 245. The minimum Gasteiger partial charge on any atom is -0.350 e. The highest BCUT2D eigenvalue weighted by Crippen LogP contribution is 2.25. The SMILES string of the molecule is C[C@@H]1OCC(c2ccccc2)O1. The summed E-state index contributed by atoms with van der Waals surface area (Å²) in [5, 5.41) is 0. The fraction of sp³-hybridized carbons (Fsp3) is 0.400. The van der Waals surface area contributed by atoms with E-state index in [4.69, 9.17) is 9.47 Å². The molecule has 2 heteroatoms. The number of rotatable bonds is 1. The van der Waals surface area contributed by atoms with Crippen LogP contribution in [0.25, 0.3) is 0 Å². The Labute approximate surface area is 72.1 Å². The second-order valence-corrected chi connectivity index (χ2v) is 2.94. The van der Waals surface area contributed by atoms with E-state index < -0.39 is 0 Å². The van der Waals surface area contributed by atoms with E-state index in [1.165, 1.54) is 5.56 Å². The van der Waals surface area contributed by atoms with Gasteiger partial charge in [0.05, 0.1) is 6.61 Å². The van der Waals surface area contributed by atoms with Gasteiger partial charge in [-0.05, 0) is 12.5 Å². The van der Waals surface area contributed by atoms with E-state index in [9.17, 15) is 0 Å². The molecule has 12 heavy (non-hydrogen) atoms. The monoisotopic (exact) mass is 164 g/mol. The van der Waals surface area contributed by atoms with Gasteiger partial charge in [-0.1, -0.05) is 30.3 Å². The lowest BCUT2D eigenvalue weighted by atomic mass is 10.1. The molecule has 0 N–H and O–H groups in total. The van der Waals surface area contributed by atoms with Crippen LogP contribution in [0.15, 0.2) is 30.3 Å². The fourth-order valence-corrected chi connectivity index (χ4v) is 1.38. The first-order chi connectivity index (χ1) is 5.86. The third-order valence-electron chi connectivity index (χ3n) is 2.01. The maximum atomic E-state index is 5.53. The van der Waals surface area contributed by atoms with Crippen molar-refractivity contribution >= 4 is 0 Å². The summed E-state index contributed by atoms with van der Waals surface area (Å²) in [4.78, 5) is 0. The number of ether oxygens (including phenoxy) is 2. The summed E-state index contributed by atoms with van der Waals surface area (Å²) in [5.74, 6) is 0. The van der Waals surface area contributed by atoms with Gasteiger partial charge in [-0.2, -0.15) is 0 Å². The molecule has 2 rings (SSSR count). The van der Waals surface area contributed by atoms with Crippen molar-refractivity contribution in [3.63, 3.8) is 0 Å². The van der Waals surface area contributed by atoms with E-state index >= 15 is 0 Å². The van der Waals surface area contributed by atoms with Crippen molar-refractivity contribution in [3.8, 4) is 0 Å². The predicted molar refractivity (Wildman–Crippen MR) is 45.7 cm³/mol. The Morgan fingerprint density at radius 2 is 2.00 bits per heavy atom. The molecule has 1 fully saturated rings. The van der Waals surface area contributed by atoms with Gasteiger partial charge < -0.3 is 9.47 Å². The summed E-state index contributed by atoms with van der Waals surface area (Å²) >= 11 is 0. The topological polar surface area (TPSA) is 18.5 Å². The van der Waals surface area contributed by atoms with E-state index in [0.29, 0.717) is 6.61 Å². The molecule has 0 spiro atoms. The predicted octanol–water partition coefficient (Wildman–Crippen LogP) is 2.12. The molecule has 1 unspecified atom stereocenters.